The van der Waals surface area contributed by atoms with Crippen LogP contribution in [-0.2, 0) is 10.9 Å². The maximum Gasteiger partial charge on any atom is 0.416 e. The van der Waals surface area contributed by atoms with Crippen LogP contribution in [0.2, 0.25) is 0 Å². The lowest BCUT2D eigenvalue weighted by Crippen LogP contribution is -2.45. The first kappa shape index (κ1) is 20.3. The van der Waals surface area contributed by atoms with Gasteiger partial charge in [-0.05, 0) is 44.4 Å². The van der Waals surface area contributed by atoms with E-state index in [4.69, 9.17) is 4.74 Å². The van der Waals surface area contributed by atoms with E-state index < -0.39 is 35.6 Å². The molecule has 0 heterocycles. The van der Waals surface area contributed by atoms with Gasteiger partial charge in [0.05, 0.1) is 17.7 Å². The number of carbonyl (C=O) groups excluding carboxylic acids is 1. The van der Waals surface area contributed by atoms with Crippen LogP contribution in [0.1, 0.15) is 51.8 Å². The molecule has 7 heteroatoms. The number of halogens is 3. The zero-order chi connectivity index (χ0) is 18.7. The topological polar surface area (TPSA) is 58.6 Å². The van der Waals surface area contributed by atoms with E-state index in [-0.39, 0.29) is 11.5 Å². The normalized spacial score (nSPS) is 15.1. The second-order valence-corrected chi connectivity index (χ2v) is 6.98. The van der Waals surface area contributed by atoms with Gasteiger partial charge >= 0.3 is 12.3 Å². The molecule has 1 aromatic carbocycles. The summed E-state index contributed by atoms with van der Waals surface area (Å²) in [6.07, 6.45) is -6.52. The average Bonchev–Trinajstić information content (AvgIpc) is 2.41. The van der Waals surface area contributed by atoms with Crippen molar-refractivity contribution in [1.82, 2.24) is 5.32 Å². The number of hydrogen-bond donors (Lipinski definition) is 2. The van der Waals surface area contributed by atoms with E-state index in [2.05, 4.69) is 5.32 Å². The molecule has 2 unspecified atom stereocenters. The minimum absolute atomic E-state index is 0.0829. The molecule has 2 N–H and O–H groups in total. The standard InChI is InChI=1S/C17H24F3NO3/c1-10(2)13(21-15(23)24-16(3,4)5)14(22)11-7-6-8-12(9-11)17(18,19)20/h6-10,13-14,22H,1-5H3,(H,21,23). The second kappa shape index (κ2) is 7.42. The summed E-state index contributed by atoms with van der Waals surface area (Å²) < 4.78 is 43.6. The monoisotopic (exact) mass is 347 g/mol. The van der Waals surface area contributed by atoms with Crippen molar-refractivity contribution in [3.8, 4) is 0 Å². The Balaban J connectivity index is 2.99. The van der Waals surface area contributed by atoms with Crippen molar-refractivity contribution in [1.29, 1.82) is 0 Å². The largest absolute Gasteiger partial charge is 0.444 e. The fourth-order valence-electron chi connectivity index (χ4n) is 2.16. The number of ether oxygens (including phenoxy) is 1. The summed E-state index contributed by atoms with van der Waals surface area (Å²) in [5.41, 5.74) is -1.48. The van der Waals surface area contributed by atoms with E-state index in [0.717, 1.165) is 12.1 Å². The molecular formula is C17H24F3NO3. The summed E-state index contributed by atoms with van der Waals surface area (Å²) in [6.45, 7) is 8.58. The van der Waals surface area contributed by atoms with E-state index in [1.807, 2.05) is 0 Å². The van der Waals surface area contributed by atoms with Crippen LogP contribution in [0.4, 0.5) is 18.0 Å². The van der Waals surface area contributed by atoms with Crippen molar-refractivity contribution in [2.75, 3.05) is 0 Å². The van der Waals surface area contributed by atoms with Gasteiger partial charge in [-0.25, -0.2) is 4.79 Å². The Labute approximate surface area is 140 Å². The summed E-state index contributed by atoms with van der Waals surface area (Å²) in [4.78, 5) is 11.9. The van der Waals surface area contributed by atoms with Crippen LogP contribution >= 0.6 is 0 Å². The van der Waals surface area contributed by atoms with Crippen molar-refractivity contribution < 1.29 is 27.8 Å². The maximum absolute atomic E-state index is 12.8. The number of aliphatic hydroxyl groups is 1. The summed E-state index contributed by atoms with van der Waals surface area (Å²) in [6, 6.07) is 3.65. The number of aliphatic hydroxyl groups excluding tert-OH is 1. The number of amides is 1. The molecule has 1 aromatic rings. The van der Waals surface area contributed by atoms with Crippen LogP contribution in [0.15, 0.2) is 24.3 Å². The Morgan fingerprint density at radius 3 is 2.25 bits per heavy atom. The lowest BCUT2D eigenvalue weighted by molar-refractivity contribution is -0.137. The molecule has 0 fully saturated rings. The first-order chi connectivity index (χ1) is 10.8. The van der Waals surface area contributed by atoms with Crippen molar-refractivity contribution in [3.05, 3.63) is 35.4 Å². The molecule has 0 radical (unpaired) electrons. The van der Waals surface area contributed by atoms with E-state index in [0.29, 0.717) is 0 Å². The number of alkyl carbamates (subject to hydrolysis) is 1. The molecule has 0 aromatic heterocycles. The first-order valence-electron chi connectivity index (χ1n) is 7.66. The molecule has 0 bridgehead atoms. The van der Waals surface area contributed by atoms with Gasteiger partial charge in [-0.3, -0.25) is 0 Å². The quantitative estimate of drug-likeness (QED) is 0.854. The summed E-state index contributed by atoms with van der Waals surface area (Å²) in [7, 11) is 0. The SMILES string of the molecule is CC(C)C(NC(=O)OC(C)(C)C)C(O)c1cccc(C(F)(F)F)c1. The zero-order valence-corrected chi connectivity index (χ0v) is 14.4. The number of hydrogen-bond acceptors (Lipinski definition) is 3. The Morgan fingerprint density at radius 2 is 1.79 bits per heavy atom. The molecular weight excluding hydrogens is 323 g/mol. The third-order valence-corrected chi connectivity index (χ3v) is 3.30. The predicted octanol–water partition coefficient (Wildman–Crippen LogP) is 4.29. The van der Waals surface area contributed by atoms with Gasteiger partial charge in [0.1, 0.15) is 5.60 Å². The summed E-state index contributed by atoms with van der Waals surface area (Å²) in [5.74, 6) is -0.220. The van der Waals surface area contributed by atoms with Crippen molar-refractivity contribution in [3.63, 3.8) is 0 Å². The molecule has 4 nitrogen and oxygen atoms in total. The number of nitrogens with one attached hydrogen (secondary N) is 1. The van der Waals surface area contributed by atoms with E-state index in [1.54, 1.807) is 34.6 Å². The van der Waals surface area contributed by atoms with Crippen molar-refractivity contribution in [2.45, 2.75) is 58.5 Å². The van der Waals surface area contributed by atoms with Gasteiger partial charge in [0, 0.05) is 0 Å². The highest BCUT2D eigenvalue weighted by Crippen LogP contribution is 2.32. The van der Waals surface area contributed by atoms with E-state index >= 15 is 0 Å². The third kappa shape index (κ3) is 6.03. The Hall–Kier alpha value is -1.76. The van der Waals surface area contributed by atoms with E-state index in [9.17, 15) is 23.1 Å². The van der Waals surface area contributed by atoms with Gasteiger partial charge in [-0.15, -0.1) is 0 Å². The summed E-state index contributed by atoms with van der Waals surface area (Å²) in [5, 5.41) is 13.0. The summed E-state index contributed by atoms with van der Waals surface area (Å²) >= 11 is 0. The smallest absolute Gasteiger partial charge is 0.416 e. The van der Waals surface area contributed by atoms with Crippen LogP contribution in [0.25, 0.3) is 0 Å². The first-order valence-corrected chi connectivity index (χ1v) is 7.66. The number of alkyl halides is 3. The zero-order valence-electron chi connectivity index (χ0n) is 14.4. The molecule has 24 heavy (non-hydrogen) atoms. The molecule has 0 aliphatic heterocycles. The number of carbonyl (C=O) groups is 1. The van der Waals surface area contributed by atoms with E-state index in [1.165, 1.54) is 12.1 Å². The molecule has 0 spiro atoms. The average molecular weight is 347 g/mol. The lowest BCUT2D eigenvalue weighted by atomic mass is 9.92. The predicted molar refractivity (Wildman–Crippen MR) is 84.4 cm³/mol. The van der Waals surface area contributed by atoms with Crippen LogP contribution < -0.4 is 5.32 Å². The van der Waals surface area contributed by atoms with Crippen LogP contribution in [0, 0.1) is 5.92 Å². The fraction of sp³-hybridized carbons (Fsp3) is 0.588. The van der Waals surface area contributed by atoms with Crippen LogP contribution in [0.5, 0.6) is 0 Å². The van der Waals surface area contributed by atoms with Gasteiger partial charge in [0.2, 0.25) is 0 Å². The highest BCUT2D eigenvalue weighted by molar-refractivity contribution is 5.68. The maximum atomic E-state index is 12.8. The number of rotatable bonds is 4. The van der Waals surface area contributed by atoms with Gasteiger partial charge < -0.3 is 15.2 Å². The van der Waals surface area contributed by atoms with Gasteiger partial charge in [0.15, 0.2) is 0 Å². The minimum Gasteiger partial charge on any atom is -0.444 e. The molecule has 1 rings (SSSR count). The Morgan fingerprint density at radius 1 is 1.21 bits per heavy atom. The van der Waals surface area contributed by atoms with Gasteiger partial charge in [0.25, 0.3) is 0 Å². The molecule has 2 atom stereocenters. The molecule has 136 valence electrons. The highest BCUT2D eigenvalue weighted by atomic mass is 19.4. The Kier molecular flexibility index (Phi) is 6.27. The van der Waals surface area contributed by atoms with Gasteiger partial charge in [-0.2, -0.15) is 13.2 Å². The third-order valence-electron chi connectivity index (χ3n) is 3.30. The van der Waals surface area contributed by atoms with Crippen molar-refractivity contribution in [2.24, 2.45) is 5.92 Å². The molecule has 1 amide bonds. The molecule has 0 saturated heterocycles. The molecule has 0 aliphatic rings. The minimum atomic E-state index is -4.50. The lowest BCUT2D eigenvalue weighted by Gasteiger charge is -2.29. The van der Waals surface area contributed by atoms with Crippen LogP contribution in [-0.4, -0.2) is 22.8 Å². The Bertz CT molecular complexity index is 565. The number of benzene rings is 1. The van der Waals surface area contributed by atoms with Gasteiger partial charge in [-0.1, -0.05) is 26.0 Å². The molecule has 0 saturated carbocycles. The molecule has 0 aliphatic carbocycles. The highest BCUT2D eigenvalue weighted by Gasteiger charge is 2.33. The van der Waals surface area contributed by atoms with Crippen molar-refractivity contribution >= 4 is 6.09 Å². The van der Waals surface area contributed by atoms with Crippen LogP contribution in [0.3, 0.4) is 0 Å². The fourth-order valence-corrected chi connectivity index (χ4v) is 2.16. The second-order valence-electron chi connectivity index (χ2n) is 6.98.